The summed E-state index contributed by atoms with van der Waals surface area (Å²) < 4.78 is 5.30. The summed E-state index contributed by atoms with van der Waals surface area (Å²) in [4.78, 5) is 0. The van der Waals surface area contributed by atoms with Gasteiger partial charge in [-0.15, -0.1) is 0 Å². The highest BCUT2D eigenvalue weighted by Gasteiger charge is 2.27. The van der Waals surface area contributed by atoms with Crippen LogP contribution in [0, 0.1) is 20.8 Å². The van der Waals surface area contributed by atoms with Crippen molar-refractivity contribution in [2.75, 3.05) is 6.61 Å². The van der Waals surface area contributed by atoms with Gasteiger partial charge in [-0.05, 0) is 37.5 Å². The number of benzene rings is 1. The molecule has 0 unspecified atom stereocenters. The van der Waals surface area contributed by atoms with Crippen molar-refractivity contribution in [2.24, 2.45) is 0 Å². The molecule has 0 spiro atoms. The highest BCUT2D eigenvalue weighted by molar-refractivity contribution is 5.40. The molecule has 64 valence electrons. The van der Waals surface area contributed by atoms with Crippen LogP contribution < -0.4 is 0 Å². The average molecular weight is 162 g/mol. The molecule has 0 amide bonds. The van der Waals surface area contributed by atoms with Crippen molar-refractivity contribution in [2.45, 2.75) is 26.9 Å². The Kier molecular flexibility index (Phi) is 1.69. The molecule has 1 aliphatic rings. The van der Waals surface area contributed by atoms with Gasteiger partial charge in [0.25, 0.3) is 0 Å². The second kappa shape index (κ2) is 2.60. The number of hydrogen-bond acceptors (Lipinski definition) is 1. The molecule has 2 rings (SSSR count). The SMILES string of the molecule is Cc1cc(C)c([C@H]2CO2)c(C)c1. The van der Waals surface area contributed by atoms with Crippen LogP contribution in [-0.2, 0) is 4.74 Å². The van der Waals surface area contributed by atoms with Crippen LogP contribution in [0.3, 0.4) is 0 Å². The van der Waals surface area contributed by atoms with Gasteiger partial charge in [-0.25, -0.2) is 0 Å². The quantitative estimate of drug-likeness (QED) is 0.578. The van der Waals surface area contributed by atoms with E-state index in [9.17, 15) is 0 Å². The summed E-state index contributed by atoms with van der Waals surface area (Å²) in [5.74, 6) is 0. The summed E-state index contributed by atoms with van der Waals surface area (Å²) in [5, 5.41) is 0. The van der Waals surface area contributed by atoms with Crippen molar-refractivity contribution in [1.82, 2.24) is 0 Å². The lowest BCUT2D eigenvalue weighted by Crippen LogP contribution is -1.92. The topological polar surface area (TPSA) is 12.5 Å². The fourth-order valence-corrected chi connectivity index (χ4v) is 1.91. The monoisotopic (exact) mass is 162 g/mol. The van der Waals surface area contributed by atoms with E-state index in [1.165, 1.54) is 22.3 Å². The zero-order chi connectivity index (χ0) is 8.72. The Bertz CT molecular complexity index is 288. The first-order valence-corrected chi connectivity index (χ1v) is 4.38. The van der Waals surface area contributed by atoms with Gasteiger partial charge in [-0.2, -0.15) is 0 Å². The second-order valence-corrected chi connectivity index (χ2v) is 3.63. The molecular weight excluding hydrogens is 148 g/mol. The Labute approximate surface area is 73.4 Å². The molecule has 1 aromatic carbocycles. The van der Waals surface area contributed by atoms with Crippen LogP contribution in [0.1, 0.15) is 28.4 Å². The molecular formula is C11H14O. The number of hydrogen-bond donors (Lipinski definition) is 0. The molecule has 1 saturated heterocycles. The molecule has 1 nitrogen and oxygen atoms in total. The van der Waals surface area contributed by atoms with Crippen LogP contribution in [-0.4, -0.2) is 6.61 Å². The van der Waals surface area contributed by atoms with Gasteiger partial charge in [-0.3, -0.25) is 0 Å². The van der Waals surface area contributed by atoms with E-state index in [0.717, 1.165) is 6.61 Å². The normalized spacial score (nSPS) is 21.1. The van der Waals surface area contributed by atoms with E-state index in [4.69, 9.17) is 4.74 Å². The minimum atomic E-state index is 0.394. The van der Waals surface area contributed by atoms with Gasteiger partial charge in [0.1, 0.15) is 6.10 Å². The Morgan fingerprint density at radius 3 is 2.08 bits per heavy atom. The third-order valence-electron chi connectivity index (χ3n) is 2.39. The predicted octanol–water partition coefficient (Wildman–Crippen LogP) is 2.68. The minimum absolute atomic E-state index is 0.394. The fourth-order valence-electron chi connectivity index (χ4n) is 1.91. The lowest BCUT2D eigenvalue weighted by Gasteiger charge is -2.07. The zero-order valence-corrected chi connectivity index (χ0v) is 7.85. The van der Waals surface area contributed by atoms with Gasteiger partial charge in [-0.1, -0.05) is 17.7 Å². The third kappa shape index (κ3) is 1.25. The van der Waals surface area contributed by atoms with Gasteiger partial charge in [0.05, 0.1) is 6.61 Å². The number of ether oxygens (including phenoxy) is 1. The van der Waals surface area contributed by atoms with Gasteiger partial charge in [0.15, 0.2) is 0 Å². The predicted molar refractivity (Wildman–Crippen MR) is 49.3 cm³/mol. The number of aryl methyl sites for hydroxylation is 3. The largest absolute Gasteiger partial charge is 0.368 e. The lowest BCUT2D eigenvalue weighted by atomic mass is 9.98. The van der Waals surface area contributed by atoms with E-state index in [0.29, 0.717) is 6.10 Å². The molecule has 0 saturated carbocycles. The summed E-state index contributed by atoms with van der Waals surface area (Å²) in [6, 6.07) is 4.45. The molecule has 1 fully saturated rings. The first kappa shape index (κ1) is 7.81. The molecule has 1 heteroatoms. The lowest BCUT2D eigenvalue weighted by molar-refractivity contribution is 0.414. The van der Waals surface area contributed by atoms with Crippen LogP contribution in [0.2, 0.25) is 0 Å². The second-order valence-electron chi connectivity index (χ2n) is 3.63. The molecule has 1 aliphatic heterocycles. The maximum absolute atomic E-state index is 5.30. The van der Waals surface area contributed by atoms with E-state index in [1.807, 2.05) is 0 Å². The molecule has 0 aromatic heterocycles. The third-order valence-corrected chi connectivity index (χ3v) is 2.39. The van der Waals surface area contributed by atoms with Crippen molar-refractivity contribution in [3.8, 4) is 0 Å². The number of rotatable bonds is 1. The maximum atomic E-state index is 5.30. The standard InChI is InChI=1S/C11H14O/c1-7-4-8(2)11(9(3)5-7)10-6-12-10/h4-5,10H,6H2,1-3H3/t10-/m1/s1. The highest BCUT2D eigenvalue weighted by Crippen LogP contribution is 2.34. The summed E-state index contributed by atoms with van der Waals surface area (Å²) in [7, 11) is 0. The van der Waals surface area contributed by atoms with Crippen LogP contribution >= 0.6 is 0 Å². The van der Waals surface area contributed by atoms with Gasteiger partial charge >= 0.3 is 0 Å². The van der Waals surface area contributed by atoms with Crippen LogP contribution in [0.5, 0.6) is 0 Å². The smallest absolute Gasteiger partial charge is 0.106 e. The molecule has 0 radical (unpaired) electrons. The van der Waals surface area contributed by atoms with Crippen molar-refractivity contribution in [3.63, 3.8) is 0 Å². The van der Waals surface area contributed by atoms with Crippen LogP contribution in [0.4, 0.5) is 0 Å². The highest BCUT2D eigenvalue weighted by atomic mass is 16.6. The van der Waals surface area contributed by atoms with E-state index in [2.05, 4.69) is 32.9 Å². The first-order chi connectivity index (χ1) is 5.68. The Morgan fingerprint density at radius 2 is 1.67 bits per heavy atom. The Morgan fingerprint density at radius 1 is 1.17 bits per heavy atom. The molecule has 1 atom stereocenters. The van der Waals surface area contributed by atoms with Crippen molar-refractivity contribution in [3.05, 3.63) is 34.4 Å². The van der Waals surface area contributed by atoms with Crippen molar-refractivity contribution < 1.29 is 4.74 Å². The molecule has 1 heterocycles. The summed E-state index contributed by atoms with van der Waals surface area (Å²) in [5.41, 5.74) is 5.49. The van der Waals surface area contributed by atoms with Gasteiger partial charge in [0, 0.05) is 0 Å². The van der Waals surface area contributed by atoms with Crippen molar-refractivity contribution >= 4 is 0 Å². The van der Waals surface area contributed by atoms with E-state index >= 15 is 0 Å². The molecule has 1 aromatic rings. The van der Waals surface area contributed by atoms with Gasteiger partial charge in [0.2, 0.25) is 0 Å². The fraction of sp³-hybridized carbons (Fsp3) is 0.455. The Hall–Kier alpha value is -0.820. The van der Waals surface area contributed by atoms with E-state index in [1.54, 1.807) is 0 Å². The van der Waals surface area contributed by atoms with Crippen LogP contribution in [0.25, 0.3) is 0 Å². The zero-order valence-electron chi connectivity index (χ0n) is 7.85. The average Bonchev–Trinajstić information content (AvgIpc) is 2.68. The minimum Gasteiger partial charge on any atom is -0.368 e. The van der Waals surface area contributed by atoms with E-state index in [-0.39, 0.29) is 0 Å². The molecule has 0 aliphatic carbocycles. The molecule has 12 heavy (non-hydrogen) atoms. The molecule has 0 bridgehead atoms. The van der Waals surface area contributed by atoms with E-state index < -0.39 is 0 Å². The summed E-state index contributed by atoms with van der Waals surface area (Å²) >= 11 is 0. The Balaban J connectivity index is 2.51. The van der Waals surface area contributed by atoms with Gasteiger partial charge < -0.3 is 4.74 Å². The van der Waals surface area contributed by atoms with Crippen molar-refractivity contribution in [1.29, 1.82) is 0 Å². The maximum Gasteiger partial charge on any atom is 0.106 e. The molecule has 0 N–H and O–H groups in total. The van der Waals surface area contributed by atoms with Crippen LogP contribution in [0.15, 0.2) is 12.1 Å². The summed E-state index contributed by atoms with van der Waals surface area (Å²) in [6.45, 7) is 7.37. The number of epoxide rings is 1. The summed E-state index contributed by atoms with van der Waals surface area (Å²) in [6.07, 6.45) is 0.394. The first-order valence-electron chi connectivity index (χ1n) is 4.38.